The average molecular weight is 458 g/mol. The van der Waals surface area contributed by atoms with Crippen LogP contribution in [0.3, 0.4) is 0 Å². The van der Waals surface area contributed by atoms with Gasteiger partial charge in [-0.15, -0.1) is 0 Å². The third-order valence-electron chi connectivity index (χ3n) is 7.68. The first-order valence-corrected chi connectivity index (χ1v) is 12.4. The van der Waals surface area contributed by atoms with Crippen LogP contribution in [0, 0.1) is 5.92 Å². The van der Waals surface area contributed by atoms with E-state index in [4.69, 9.17) is 9.47 Å². The normalized spacial score (nSPS) is 26.7. The third kappa shape index (κ3) is 5.03. The SMILES string of the molecule is O=C(OC[C@H](O)CN1CCc2ccccc2C1)N1CCC(C(=O)N2C3CCC2COC3)CC1. The van der Waals surface area contributed by atoms with Crippen LogP contribution < -0.4 is 0 Å². The van der Waals surface area contributed by atoms with Crippen LogP contribution in [-0.2, 0) is 27.2 Å². The fourth-order valence-corrected chi connectivity index (χ4v) is 5.83. The molecule has 0 saturated carbocycles. The molecule has 4 aliphatic heterocycles. The van der Waals surface area contributed by atoms with Gasteiger partial charge in [-0.25, -0.2) is 4.79 Å². The summed E-state index contributed by atoms with van der Waals surface area (Å²) in [7, 11) is 0. The number of fused-ring (bicyclic) bond motifs is 3. The fraction of sp³-hybridized carbons (Fsp3) is 0.680. The van der Waals surface area contributed by atoms with E-state index in [0.29, 0.717) is 45.7 Å². The molecule has 180 valence electrons. The van der Waals surface area contributed by atoms with E-state index in [-0.39, 0.29) is 30.5 Å². The topological polar surface area (TPSA) is 82.6 Å². The van der Waals surface area contributed by atoms with Gasteiger partial charge in [0, 0.05) is 38.6 Å². The average Bonchev–Trinajstić information content (AvgIpc) is 3.10. The minimum atomic E-state index is -0.713. The molecule has 2 bridgehead atoms. The highest BCUT2D eigenvalue weighted by atomic mass is 16.6. The van der Waals surface area contributed by atoms with Crippen molar-refractivity contribution in [3.8, 4) is 0 Å². The number of ether oxygens (including phenoxy) is 2. The molecule has 3 fully saturated rings. The van der Waals surface area contributed by atoms with Gasteiger partial charge in [-0.2, -0.15) is 0 Å². The third-order valence-corrected chi connectivity index (χ3v) is 7.68. The molecule has 1 aromatic rings. The maximum absolute atomic E-state index is 13.1. The summed E-state index contributed by atoms with van der Waals surface area (Å²) in [6, 6.07) is 8.86. The first kappa shape index (κ1) is 22.6. The van der Waals surface area contributed by atoms with E-state index < -0.39 is 12.2 Å². The molecule has 4 heterocycles. The second-order valence-corrected chi connectivity index (χ2v) is 9.91. The molecular formula is C25H35N3O5. The molecule has 2 amide bonds. The highest BCUT2D eigenvalue weighted by Gasteiger charge is 2.43. The van der Waals surface area contributed by atoms with Crippen LogP contribution in [0.4, 0.5) is 4.79 Å². The first-order chi connectivity index (χ1) is 16.1. The van der Waals surface area contributed by atoms with Gasteiger partial charge in [0.1, 0.15) is 12.7 Å². The number of carbonyl (C=O) groups is 2. The van der Waals surface area contributed by atoms with E-state index in [1.807, 2.05) is 6.07 Å². The molecule has 8 nitrogen and oxygen atoms in total. The summed E-state index contributed by atoms with van der Waals surface area (Å²) in [6.45, 7) is 4.54. The molecule has 5 rings (SSSR count). The Morgan fingerprint density at radius 2 is 1.73 bits per heavy atom. The number of rotatable bonds is 5. The summed E-state index contributed by atoms with van der Waals surface area (Å²) in [5.74, 6) is 0.208. The van der Waals surface area contributed by atoms with E-state index in [1.165, 1.54) is 11.1 Å². The monoisotopic (exact) mass is 457 g/mol. The summed E-state index contributed by atoms with van der Waals surface area (Å²) in [5, 5.41) is 10.4. The molecule has 1 aromatic carbocycles. The number of likely N-dealkylation sites (tertiary alicyclic amines) is 1. The molecule has 33 heavy (non-hydrogen) atoms. The maximum atomic E-state index is 13.1. The first-order valence-electron chi connectivity index (χ1n) is 12.4. The zero-order valence-electron chi connectivity index (χ0n) is 19.2. The molecule has 0 radical (unpaired) electrons. The number of carbonyl (C=O) groups excluding carboxylic acids is 2. The summed E-state index contributed by atoms with van der Waals surface area (Å²) in [6.07, 6.45) is 3.27. The lowest BCUT2D eigenvalue weighted by Crippen LogP contribution is -2.53. The van der Waals surface area contributed by atoms with Crippen molar-refractivity contribution in [1.82, 2.24) is 14.7 Å². The number of piperidine rings is 1. The Morgan fingerprint density at radius 3 is 2.45 bits per heavy atom. The Labute approximate surface area is 195 Å². The molecule has 4 aliphatic rings. The number of nitrogens with zero attached hydrogens (tertiary/aromatic N) is 3. The zero-order chi connectivity index (χ0) is 22.8. The molecule has 2 unspecified atom stereocenters. The lowest BCUT2D eigenvalue weighted by Gasteiger charge is -2.39. The van der Waals surface area contributed by atoms with Crippen molar-refractivity contribution in [2.45, 2.75) is 56.8 Å². The Balaban J connectivity index is 1.03. The summed E-state index contributed by atoms with van der Waals surface area (Å²) in [4.78, 5) is 31.5. The second kappa shape index (κ2) is 9.99. The van der Waals surface area contributed by atoms with Gasteiger partial charge < -0.3 is 24.4 Å². The number of hydrogen-bond donors (Lipinski definition) is 1. The number of aliphatic hydroxyl groups is 1. The van der Waals surface area contributed by atoms with Crippen molar-refractivity contribution in [2.24, 2.45) is 5.92 Å². The number of morpholine rings is 1. The van der Waals surface area contributed by atoms with E-state index in [1.54, 1.807) is 4.90 Å². The molecule has 0 spiro atoms. The smallest absolute Gasteiger partial charge is 0.409 e. The molecular weight excluding hydrogens is 422 g/mol. The standard InChI is InChI=1S/C25H35N3O5/c29-23(14-26-10-7-18-3-1-2-4-20(18)13-26)17-33-25(31)27-11-8-19(9-12-27)24(30)28-21-5-6-22(28)16-32-15-21/h1-4,19,21-23,29H,5-17H2/t21?,22?,23-/m1/s1. The van der Waals surface area contributed by atoms with Crippen LogP contribution in [0.5, 0.6) is 0 Å². The summed E-state index contributed by atoms with van der Waals surface area (Å²) < 4.78 is 11.0. The highest BCUT2D eigenvalue weighted by Crippen LogP contribution is 2.32. The fourth-order valence-electron chi connectivity index (χ4n) is 5.83. The minimum Gasteiger partial charge on any atom is -0.447 e. The quantitative estimate of drug-likeness (QED) is 0.724. The number of aliphatic hydroxyl groups excluding tert-OH is 1. The predicted octanol–water partition coefficient (Wildman–Crippen LogP) is 1.64. The van der Waals surface area contributed by atoms with E-state index in [9.17, 15) is 14.7 Å². The summed E-state index contributed by atoms with van der Waals surface area (Å²) in [5.41, 5.74) is 2.67. The number of hydrogen-bond acceptors (Lipinski definition) is 6. The van der Waals surface area contributed by atoms with Crippen molar-refractivity contribution >= 4 is 12.0 Å². The van der Waals surface area contributed by atoms with Crippen LogP contribution in [-0.4, -0.2) is 96.0 Å². The van der Waals surface area contributed by atoms with Crippen molar-refractivity contribution < 1.29 is 24.2 Å². The van der Waals surface area contributed by atoms with Gasteiger partial charge in [0.15, 0.2) is 0 Å². The minimum absolute atomic E-state index is 0.00697. The predicted molar refractivity (Wildman–Crippen MR) is 122 cm³/mol. The molecule has 0 aromatic heterocycles. The Kier molecular flexibility index (Phi) is 6.85. The van der Waals surface area contributed by atoms with Gasteiger partial charge in [-0.05, 0) is 43.2 Å². The van der Waals surface area contributed by atoms with Gasteiger partial charge in [-0.1, -0.05) is 24.3 Å². The van der Waals surface area contributed by atoms with Gasteiger partial charge in [0.25, 0.3) is 0 Å². The maximum Gasteiger partial charge on any atom is 0.409 e. The van der Waals surface area contributed by atoms with E-state index in [0.717, 1.165) is 32.4 Å². The second-order valence-electron chi connectivity index (χ2n) is 9.91. The van der Waals surface area contributed by atoms with Crippen molar-refractivity contribution in [1.29, 1.82) is 0 Å². The number of amides is 2. The van der Waals surface area contributed by atoms with Gasteiger partial charge in [0.2, 0.25) is 5.91 Å². The van der Waals surface area contributed by atoms with Gasteiger partial charge >= 0.3 is 6.09 Å². The molecule has 1 N–H and O–H groups in total. The van der Waals surface area contributed by atoms with Crippen LogP contribution >= 0.6 is 0 Å². The van der Waals surface area contributed by atoms with Gasteiger partial charge in [0.05, 0.1) is 25.3 Å². The number of β-amino-alcohol motifs (C(OH)–C–C–N with tert-alkyl or cyclic N) is 1. The Hall–Kier alpha value is -2.16. The zero-order valence-corrected chi connectivity index (χ0v) is 19.2. The van der Waals surface area contributed by atoms with Crippen LogP contribution in [0.15, 0.2) is 24.3 Å². The van der Waals surface area contributed by atoms with E-state index in [2.05, 4.69) is 28.0 Å². The van der Waals surface area contributed by atoms with E-state index >= 15 is 0 Å². The lowest BCUT2D eigenvalue weighted by molar-refractivity contribution is -0.146. The van der Waals surface area contributed by atoms with Gasteiger partial charge in [-0.3, -0.25) is 9.69 Å². The molecule has 8 heteroatoms. The number of benzene rings is 1. The van der Waals surface area contributed by atoms with Crippen LogP contribution in [0.2, 0.25) is 0 Å². The van der Waals surface area contributed by atoms with Crippen molar-refractivity contribution in [2.75, 3.05) is 46.0 Å². The Bertz CT molecular complexity index is 840. The molecule has 3 saturated heterocycles. The van der Waals surface area contributed by atoms with Crippen molar-refractivity contribution in [3.05, 3.63) is 35.4 Å². The highest BCUT2D eigenvalue weighted by molar-refractivity contribution is 5.80. The van der Waals surface area contributed by atoms with Crippen molar-refractivity contribution in [3.63, 3.8) is 0 Å². The van der Waals surface area contributed by atoms with Crippen LogP contribution in [0.1, 0.15) is 36.8 Å². The molecule has 0 aliphatic carbocycles. The Morgan fingerprint density at radius 1 is 1.03 bits per heavy atom. The largest absolute Gasteiger partial charge is 0.447 e. The lowest BCUT2D eigenvalue weighted by atomic mass is 9.94. The van der Waals surface area contributed by atoms with Crippen LogP contribution in [0.25, 0.3) is 0 Å². The summed E-state index contributed by atoms with van der Waals surface area (Å²) >= 11 is 0. The molecule has 3 atom stereocenters.